The zero-order valence-electron chi connectivity index (χ0n) is 12.8. The average molecular weight is 352 g/mol. The summed E-state index contributed by atoms with van der Waals surface area (Å²) in [5, 5.41) is 18.5. The van der Waals surface area contributed by atoms with Crippen molar-refractivity contribution in [1.29, 1.82) is 0 Å². The molecule has 7 nitrogen and oxygen atoms in total. The van der Waals surface area contributed by atoms with Gasteiger partial charge in [-0.3, -0.25) is 4.79 Å². The van der Waals surface area contributed by atoms with Gasteiger partial charge in [0.15, 0.2) is 11.3 Å². The molecule has 0 aliphatic rings. The van der Waals surface area contributed by atoms with E-state index in [1.807, 2.05) is 36.4 Å². The number of aromatic nitrogens is 2. The fourth-order valence-electron chi connectivity index (χ4n) is 2.39. The van der Waals surface area contributed by atoms with Crippen LogP contribution in [0.4, 0.5) is 5.69 Å². The van der Waals surface area contributed by atoms with E-state index in [4.69, 9.17) is 4.42 Å². The molecular formula is C17H12N4O3S. The number of fused-ring (bicyclic) bond motifs is 2. The van der Waals surface area contributed by atoms with Crippen molar-refractivity contribution in [2.24, 2.45) is 10.2 Å². The maximum Gasteiger partial charge on any atom is 0.275 e. The Bertz CT molecular complexity index is 1070. The molecule has 124 valence electrons. The van der Waals surface area contributed by atoms with Crippen LogP contribution in [0.2, 0.25) is 0 Å². The molecule has 4 rings (SSSR count). The Balaban J connectivity index is 1.46. The predicted molar refractivity (Wildman–Crippen MR) is 94.2 cm³/mol. The van der Waals surface area contributed by atoms with E-state index in [2.05, 4.69) is 20.2 Å². The number of azo groups is 1. The zero-order chi connectivity index (χ0) is 17.2. The molecule has 0 saturated heterocycles. The van der Waals surface area contributed by atoms with Gasteiger partial charge in [-0.05, 0) is 18.2 Å². The lowest BCUT2D eigenvalue weighted by Gasteiger charge is -1.92. The highest BCUT2D eigenvalue weighted by Gasteiger charge is 2.11. The number of aromatic amines is 1. The summed E-state index contributed by atoms with van der Waals surface area (Å²) < 4.78 is 5.53. The second-order valence-corrected chi connectivity index (χ2v) is 6.12. The number of H-pyrrole nitrogens is 1. The van der Waals surface area contributed by atoms with Crippen molar-refractivity contribution in [3.8, 4) is 5.88 Å². The number of nitrogens with zero attached hydrogens (tertiary/aromatic N) is 3. The molecule has 2 aromatic carbocycles. The van der Waals surface area contributed by atoms with Crippen molar-refractivity contribution in [2.75, 3.05) is 5.75 Å². The molecule has 25 heavy (non-hydrogen) atoms. The van der Waals surface area contributed by atoms with E-state index >= 15 is 0 Å². The molecule has 0 bridgehead atoms. The van der Waals surface area contributed by atoms with E-state index in [-0.39, 0.29) is 17.3 Å². The lowest BCUT2D eigenvalue weighted by Crippen LogP contribution is -1.95. The van der Waals surface area contributed by atoms with Crippen LogP contribution in [0.1, 0.15) is 0 Å². The zero-order valence-corrected chi connectivity index (χ0v) is 13.7. The van der Waals surface area contributed by atoms with E-state index in [9.17, 15) is 9.90 Å². The summed E-state index contributed by atoms with van der Waals surface area (Å²) in [7, 11) is 0. The highest BCUT2D eigenvalue weighted by atomic mass is 32.2. The van der Waals surface area contributed by atoms with Crippen LogP contribution in [-0.2, 0) is 4.79 Å². The number of amides is 1. The number of thioether (sulfide) groups is 1. The van der Waals surface area contributed by atoms with Crippen molar-refractivity contribution >= 4 is 45.4 Å². The van der Waals surface area contributed by atoms with Crippen LogP contribution >= 0.6 is 11.8 Å². The highest BCUT2D eigenvalue weighted by molar-refractivity contribution is 7.99. The van der Waals surface area contributed by atoms with Gasteiger partial charge >= 0.3 is 0 Å². The third-order valence-corrected chi connectivity index (χ3v) is 4.33. The van der Waals surface area contributed by atoms with Gasteiger partial charge in [0, 0.05) is 5.39 Å². The summed E-state index contributed by atoms with van der Waals surface area (Å²) in [6, 6.07) is 14.6. The van der Waals surface area contributed by atoms with Crippen LogP contribution < -0.4 is 0 Å². The fourth-order valence-corrected chi connectivity index (χ4v) is 3.00. The quantitative estimate of drug-likeness (QED) is 0.418. The molecular weight excluding hydrogens is 340 g/mol. The smallest absolute Gasteiger partial charge is 0.275 e. The van der Waals surface area contributed by atoms with E-state index in [0.717, 1.165) is 22.8 Å². The number of benzene rings is 2. The number of hydrogen-bond donors (Lipinski definition) is 2. The van der Waals surface area contributed by atoms with Gasteiger partial charge in [-0.1, -0.05) is 42.1 Å². The third-order valence-electron chi connectivity index (χ3n) is 3.51. The second kappa shape index (κ2) is 6.40. The first kappa shape index (κ1) is 15.4. The molecule has 0 spiro atoms. The van der Waals surface area contributed by atoms with Gasteiger partial charge < -0.3 is 14.5 Å². The van der Waals surface area contributed by atoms with Gasteiger partial charge in [0.25, 0.3) is 11.1 Å². The van der Waals surface area contributed by atoms with Gasteiger partial charge in [0.05, 0.1) is 11.3 Å². The molecule has 0 unspecified atom stereocenters. The molecule has 8 heteroatoms. The Hall–Kier alpha value is -3.13. The van der Waals surface area contributed by atoms with E-state index in [1.54, 1.807) is 12.1 Å². The Morgan fingerprint density at radius 1 is 1.20 bits per heavy atom. The van der Waals surface area contributed by atoms with E-state index in [1.165, 1.54) is 0 Å². The monoisotopic (exact) mass is 352 g/mol. The molecule has 0 radical (unpaired) electrons. The summed E-state index contributed by atoms with van der Waals surface area (Å²) >= 11 is 1.15. The lowest BCUT2D eigenvalue weighted by atomic mass is 10.2. The minimum Gasteiger partial charge on any atom is -0.493 e. The predicted octanol–water partition coefficient (Wildman–Crippen LogP) is 4.42. The van der Waals surface area contributed by atoms with Crippen molar-refractivity contribution in [1.82, 2.24) is 9.97 Å². The molecule has 2 N–H and O–H groups in total. The molecule has 2 heterocycles. The molecule has 0 saturated carbocycles. The summed E-state index contributed by atoms with van der Waals surface area (Å²) in [5.74, 6) is -0.527. The summed E-state index contributed by atoms with van der Waals surface area (Å²) in [6.07, 6.45) is 0. The minimum absolute atomic E-state index is 0.0411. The third kappa shape index (κ3) is 3.11. The van der Waals surface area contributed by atoms with Crippen LogP contribution in [-0.4, -0.2) is 26.7 Å². The molecule has 0 fully saturated rings. The van der Waals surface area contributed by atoms with Crippen LogP contribution in [0.3, 0.4) is 0 Å². The van der Waals surface area contributed by atoms with Gasteiger partial charge in [-0.2, -0.15) is 0 Å². The van der Waals surface area contributed by atoms with Crippen LogP contribution in [0.5, 0.6) is 5.88 Å². The molecule has 2 aromatic heterocycles. The minimum atomic E-state index is -0.447. The summed E-state index contributed by atoms with van der Waals surface area (Å²) in [6.45, 7) is 0. The molecule has 0 aliphatic carbocycles. The van der Waals surface area contributed by atoms with Gasteiger partial charge in [0.1, 0.15) is 5.52 Å². The Labute approximate surface area is 145 Å². The number of aromatic hydroxyl groups is 1. The SMILES string of the molecule is O=C(CSc1nc2ccccc2o1)N=Nc1c(O)[nH]c2ccccc12. The average Bonchev–Trinajstić information content (AvgIpc) is 3.18. The largest absolute Gasteiger partial charge is 0.493 e. The number of hydrogen-bond acceptors (Lipinski definition) is 6. The normalized spacial score (nSPS) is 11.7. The Morgan fingerprint density at radius 2 is 2.00 bits per heavy atom. The summed E-state index contributed by atoms with van der Waals surface area (Å²) in [5.41, 5.74) is 2.38. The first-order chi connectivity index (χ1) is 12.2. The maximum atomic E-state index is 11.9. The van der Waals surface area contributed by atoms with Crippen molar-refractivity contribution in [3.05, 3.63) is 48.5 Å². The maximum absolute atomic E-state index is 11.9. The van der Waals surface area contributed by atoms with Crippen LogP contribution in [0, 0.1) is 0 Å². The standard InChI is InChI=1S/C17H12N4O3S/c22-14(9-25-17-19-12-7-3-4-8-13(12)24-17)20-21-15-10-5-1-2-6-11(10)18-16(15)23/h1-8,18,23H,9H2. The Kier molecular flexibility index (Phi) is 3.95. The van der Waals surface area contributed by atoms with Gasteiger partial charge in [-0.25, -0.2) is 4.98 Å². The highest BCUT2D eigenvalue weighted by Crippen LogP contribution is 2.35. The van der Waals surface area contributed by atoms with Crippen LogP contribution in [0.25, 0.3) is 22.0 Å². The van der Waals surface area contributed by atoms with E-state index < -0.39 is 5.91 Å². The van der Waals surface area contributed by atoms with Gasteiger partial charge in [0.2, 0.25) is 5.88 Å². The van der Waals surface area contributed by atoms with Crippen molar-refractivity contribution in [3.63, 3.8) is 0 Å². The van der Waals surface area contributed by atoms with Crippen molar-refractivity contribution in [2.45, 2.75) is 5.22 Å². The first-order valence-electron chi connectivity index (χ1n) is 7.43. The topological polar surface area (TPSA) is 104 Å². The Morgan fingerprint density at radius 3 is 2.88 bits per heavy atom. The summed E-state index contributed by atoms with van der Waals surface area (Å²) in [4.78, 5) is 19.0. The number of para-hydroxylation sites is 3. The first-order valence-corrected chi connectivity index (χ1v) is 8.42. The number of oxazole rings is 1. The van der Waals surface area contributed by atoms with Gasteiger partial charge in [-0.15, -0.1) is 10.2 Å². The molecule has 0 aliphatic heterocycles. The number of nitrogens with one attached hydrogen (secondary N) is 1. The second-order valence-electron chi connectivity index (χ2n) is 5.20. The fraction of sp³-hybridized carbons (Fsp3) is 0.0588. The number of carbonyl (C=O) groups excluding carboxylic acids is 1. The van der Waals surface area contributed by atoms with Crippen LogP contribution in [0.15, 0.2) is 68.4 Å². The number of rotatable bonds is 4. The lowest BCUT2D eigenvalue weighted by molar-refractivity contribution is -0.115. The molecule has 0 atom stereocenters. The molecule has 1 amide bonds. The number of carbonyl (C=O) groups is 1. The molecule has 4 aromatic rings. The van der Waals surface area contributed by atoms with E-state index in [0.29, 0.717) is 16.2 Å². The van der Waals surface area contributed by atoms with Crippen molar-refractivity contribution < 1.29 is 14.3 Å².